The number of hydrogen-bond donors (Lipinski definition) is 0. The summed E-state index contributed by atoms with van der Waals surface area (Å²) in [5, 5.41) is 0.189. The Bertz CT molecular complexity index is 495. The topological polar surface area (TPSA) is 54.5 Å². The van der Waals surface area contributed by atoms with Crippen molar-refractivity contribution in [2.24, 2.45) is 0 Å². The molecular weight excluding hydrogens is 218 g/mol. The molecule has 0 saturated heterocycles. The molecule has 76 valence electrons. The third-order valence-electron chi connectivity index (χ3n) is 2.17. The normalized spacial score (nSPS) is 14.4. The van der Waals surface area contributed by atoms with Gasteiger partial charge in [0, 0.05) is 6.92 Å². The van der Waals surface area contributed by atoms with Gasteiger partial charge in [0.15, 0.2) is 0 Å². The van der Waals surface area contributed by atoms with Gasteiger partial charge in [-0.3, -0.25) is 14.4 Å². The van der Waals surface area contributed by atoms with Crippen molar-refractivity contribution < 1.29 is 14.4 Å². The predicted molar refractivity (Wildman–Crippen MR) is 53.9 cm³/mol. The summed E-state index contributed by atoms with van der Waals surface area (Å²) >= 11 is 5.79. The van der Waals surface area contributed by atoms with Crippen LogP contribution in [0.2, 0.25) is 5.02 Å². The summed E-state index contributed by atoms with van der Waals surface area (Å²) < 4.78 is 0. The Balaban J connectivity index is 2.71. The van der Waals surface area contributed by atoms with E-state index in [2.05, 4.69) is 0 Å². The third kappa shape index (κ3) is 1.26. The minimum atomic E-state index is -0.842. The Labute approximate surface area is 90.4 Å². The minimum absolute atomic E-state index is 0.111. The van der Waals surface area contributed by atoms with Crippen LogP contribution in [0, 0.1) is 0 Å². The lowest BCUT2D eigenvalue weighted by molar-refractivity contribution is -0.122. The van der Waals surface area contributed by atoms with Crippen molar-refractivity contribution in [3.63, 3.8) is 0 Å². The molecule has 1 aliphatic heterocycles. The molecule has 15 heavy (non-hydrogen) atoms. The summed E-state index contributed by atoms with van der Waals surface area (Å²) in [4.78, 5) is 35.0. The molecular formula is C10H6ClNO3. The van der Waals surface area contributed by atoms with E-state index >= 15 is 0 Å². The van der Waals surface area contributed by atoms with Crippen LogP contribution in [0.5, 0.6) is 0 Å². The van der Waals surface area contributed by atoms with Gasteiger partial charge < -0.3 is 0 Å². The summed E-state index contributed by atoms with van der Waals surface area (Å²) in [6.07, 6.45) is 0. The predicted octanol–water partition coefficient (Wildman–Crippen LogP) is 1.42. The highest BCUT2D eigenvalue weighted by molar-refractivity contribution is 6.58. The number of benzene rings is 1. The molecule has 1 heterocycles. The number of rotatable bonds is 0. The monoisotopic (exact) mass is 223 g/mol. The molecule has 0 aromatic heterocycles. The Morgan fingerprint density at radius 3 is 2.60 bits per heavy atom. The van der Waals surface area contributed by atoms with Crippen LogP contribution in [0.15, 0.2) is 18.2 Å². The van der Waals surface area contributed by atoms with Crippen LogP contribution in [0.3, 0.4) is 0 Å². The molecule has 0 atom stereocenters. The number of amides is 2. The molecule has 5 heteroatoms. The Kier molecular flexibility index (Phi) is 2.08. The number of carbonyl (C=O) groups is 3. The van der Waals surface area contributed by atoms with Crippen molar-refractivity contribution in [1.29, 1.82) is 0 Å². The number of imide groups is 1. The lowest BCUT2D eigenvalue weighted by Crippen LogP contribution is -2.33. The van der Waals surface area contributed by atoms with E-state index in [4.69, 9.17) is 11.6 Å². The fraction of sp³-hybridized carbons (Fsp3) is 0.100. The van der Waals surface area contributed by atoms with Gasteiger partial charge in [-0.15, -0.1) is 0 Å². The lowest BCUT2D eigenvalue weighted by Gasteiger charge is -2.10. The van der Waals surface area contributed by atoms with Crippen LogP contribution in [0.1, 0.15) is 17.3 Å². The maximum absolute atomic E-state index is 11.5. The van der Waals surface area contributed by atoms with Crippen LogP contribution >= 0.6 is 11.6 Å². The zero-order valence-corrected chi connectivity index (χ0v) is 8.54. The molecule has 1 aromatic rings. The number of carbonyl (C=O) groups excluding carboxylic acids is 3. The van der Waals surface area contributed by atoms with Crippen molar-refractivity contribution in [2.75, 3.05) is 4.90 Å². The Hall–Kier alpha value is -1.68. The van der Waals surface area contributed by atoms with Crippen molar-refractivity contribution in [3.05, 3.63) is 28.8 Å². The molecule has 2 amide bonds. The van der Waals surface area contributed by atoms with E-state index in [1.54, 1.807) is 6.07 Å². The summed E-state index contributed by atoms with van der Waals surface area (Å²) in [6, 6.07) is 4.61. The number of Topliss-reactive ketones (excluding diaryl/α,β-unsaturated/α-hetero) is 1. The second-order valence-corrected chi connectivity index (χ2v) is 3.53. The molecule has 0 unspecified atom stereocenters. The van der Waals surface area contributed by atoms with Crippen molar-refractivity contribution >= 4 is 34.9 Å². The number of ketones is 1. The first-order valence-electron chi connectivity index (χ1n) is 4.22. The average molecular weight is 224 g/mol. The van der Waals surface area contributed by atoms with Crippen molar-refractivity contribution in [2.45, 2.75) is 6.92 Å². The van der Waals surface area contributed by atoms with Gasteiger partial charge in [-0.05, 0) is 12.1 Å². The molecule has 1 aromatic carbocycles. The van der Waals surface area contributed by atoms with E-state index in [1.165, 1.54) is 19.1 Å². The zero-order valence-electron chi connectivity index (χ0n) is 7.78. The van der Waals surface area contributed by atoms with E-state index in [9.17, 15) is 14.4 Å². The molecule has 1 aliphatic rings. The van der Waals surface area contributed by atoms with E-state index in [-0.39, 0.29) is 16.3 Å². The molecule has 0 radical (unpaired) electrons. The quantitative estimate of drug-likeness (QED) is 0.625. The van der Waals surface area contributed by atoms with Gasteiger partial charge in [0.2, 0.25) is 5.91 Å². The van der Waals surface area contributed by atoms with Gasteiger partial charge in [0.05, 0.1) is 16.3 Å². The summed E-state index contributed by atoms with van der Waals surface area (Å²) in [5.41, 5.74) is 0.379. The molecule has 0 fully saturated rings. The molecule has 2 rings (SSSR count). The smallest absolute Gasteiger partial charge is 0.283 e. The maximum atomic E-state index is 11.5. The molecule has 4 nitrogen and oxygen atoms in total. The van der Waals surface area contributed by atoms with Gasteiger partial charge in [0.25, 0.3) is 5.78 Å². The molecule has 0 spiro atoms. The summed E-state index contributed by atoms with van der Waals surface area (Å²) in [6.45, 7) is 1.22. The van der Waals surface area contributed by atoms with Gasteiger partial charge in [-0.25, -0.2) is 4.90 Å². The second-order valence-electron chi connectivity index (χ2n) is 3.12. The largest absolute Gasteiger partial charge is 0.306 e. The maximum Gasteiger partial charge on any atom is 0.306 e. The highest BCUT2D eigenvalue weighted by Gasteiger charge is 2.39. The first-order chi connectivity index (χ1) is 7.04. The van der Waals surface area contributed by atoms with Crippen molar-refractivity contribution in [3.8, 4) is 0 Å². The number of anilines is 1. The SMILES string of the molecule is CC(=O)N1C(=O)C(=O)c2c(Cl)cccc21. The van der Waals surface area contributed by atoms with E-state index in [1.807, 2.05) is 0 Å². The van der Waals surface area contributed by atoms with Crippen LogP contribution in [0.4, 0.5) is 5.69 Å². The molecule has 0 bridgehead atoms. The molecule has 0 N–H and O–H groups in total. The fourth-order valence-electron chi connectivity index (χ4n) is 1.55. The minimum Gasteiger partial charge on any atom is -0.283 e. The summed E-state index contributed by atoms with van der Waals surface area (Å²) in [5.74, 6) is -2.06. The lowest BCUT2D eigenvalue weighted by atomic mass is 10.1. The third-order valence-corrected chi connectivity index (χ3v) is 2.49. The van der Waals surface area contributed by atoms with Gasteiger partial charge in [-0.2, -0.15) is 0 Å². The van der Waals surface area contributed by atoms with Gasteiger partial charge in [0.1, 0.15) is 0 Å². The van der Waals surface area contributed by atoms with Crippen LogP contribution < -0.4 is 4.90 Å². The van der Waals surface area contributed by atoms with Gasteiger partial charge in [-0.1, -0.05) is 17.7 Å². The van der Waals surface area contributed by atoms with E-state index < -0.39 is 17.6 Å². The Morgan fingerprint density at radius 1 is 1.33 bits per heavy atom. The van der Waals surface area contributed by atoms with Crippen molar-refractivity contribution in [1.82, 2.24) is 0 Å². The van der Waals surface area contributed by atoms with Crippen LogP contribution in [-0.2, 0) is 9.59 Å². The standard InChI is InChI=1S/C10H6ClNO3/c1-5(13)12-7-4-2-3-6(11)8(7)9(14)10(12)15/h2-4H,1H3. The average Bonchev–Trinajstić information content (AvgIpc) is 2.41. The highest BCUT2D eigenvalue weighted by Crippen LogP contribution is 2.33. The first kappa shape index (κ1) is 9.86. The highest BCUT2D eigenvalue weighted by atomic mass is 35.5. The number of fused-ring (bicyclic) bond motifs is 1. The van der Waals surface area contributed by atoms with Gasteiger partial charge >= 0.3 is 5.91 Å². The van der Waals surface area contributed by atoms with E-state index in [0.29, 0.717) is 0 Å². The second kappa shape index (κ2) is 3.17. The van der Waals surface area contributed by atoms with Crippen LogP contribution in [-0.4, -0.2) is 17.6 Å². The fourth-order valence-corrected chi connectivity index (χ4v) is 1.81. The van der Waals surface area contributed by atoms with E-state index in [0.717, 1.165) is 4.90 Å². The van der Waals surface area contributed by atoms with Crippen LogP contribution in [0.25, 0.3) is 0 Å². The first-order valence-corrected chi connectivity index (χ1v) is 4.59. The number of halogens is 1. The summed E-state index contributed by atoms with van der Waals surface area (Å²) in [7, 11) is 0. The number of hydrogen-bond acceptors (Lipinski definition) is 3. The molecule has 0 saturated carbocycles. The molecule has 0 aliphatic carbocycles. The zero-order chi connectivity index (χ0) is 11.2. The number of nitrogens with zero attached hydrogens (tertiary/aromatic N) is 1. The Morgan fingerprint density at radius 2 is 2.00 bits per heavy atom.